The molecule has 1 aromatic rings. The fourth-order valence-electron chi connectivity index (χ4n) is 1.83. The van der Waals surface area contributed by atoms with Crippen LogP contribution in [0.2, 0.25) is 0 Å². The second kappa shape index (κ2) is 6.80. The van der Waals surface area contributed by atoms with Crippen LogP contribution in [0.4, 0.5) is 11.4 Å². The molecule has 0 saturated carbocycles. The summed E-state index contributed by atoms with van der Waals surface area (Å²) >= 11 is 0. The van der Waals surface area contributed by atoms with Crippen LogP contribution >= 0.6 is 0 Å². The van der Waals surface area contributed by atoms with Crippen molar-refractivity contribution in [1.29, 1.82) is 0 Å². The van der Waals surface area contributed by atoms with Crippen LogP contribution in [0.3, 0.4) is 0 Å². The second-order valence-corrected chi connectivity index (χ2v) is 7.35. The number of rotatable bonds is 7. The number of anilines is 2. The van der Waals surface area contributed by atoms with Crippen molar-refractivity contribution in [3.63, 3.8) is 0 Å². The highest BCUT2D eigenvalue weighted by Gasteiger charge is 2.09. The van der Waals surface area contributed by atoms with Gasteiger partial charge in [0.25, 0.3) is 0 Å². The van der Waals surface area contributed by atoms with Crippen LogP contribution in [0.25, 0.3) is 0 Å². The summed E-state index contributed by atoms with van der Waals surface area (Å²) in [4.78, 5) is 0.260. The first-order valence-corrected chi connectivity index (χ1v) is 8.53. The fraction of sp³-hybridized carbons (Fsp3) is 0.571. The van der Waals surface area contributed by atoms with Crippen molar-refractivity contribution in [2.75, 3.05) is 23.9 Å². The summed E-state index contributed by atoms with van der Waals surface area (Å²) in [7, 11) is -3.19. The quantitative estimate of drug-likeness (QED) is 0.596. The molecule has 19 heavy (non-hydrogen) atoms. The Bertz CT molecular complexity index is 510. The number of hydrogen-bond acceptors (Lipinski definition) is 4. The van der Waals surface area contributed by atoms with Gasteiger partial charge in [-0.05, 0) is 30.5 Å². The lowest BCUT2D eigenvalue weighted by molar-refractivity contribution is 0.545. The Balaban J connectivity index is 2.52. The van der Waals surface area contributed by atoms with Gasteiger partial charge in [0.15, 0.2) is 9.84 Å². The van der Waals surface area contributed by atoms with E-state index in [1.165, 1.54) is 25.2 Å². The molecule has 0 heterocycles. The van der Waals surface area contributed by atoms with Gasteiger partial charge in [0, 0.05) is 12.8 Å². The van der Waals surface area contributed by atoms with E-state index in [4.69, 9.17) is 5.73 Å². The number of unbranched alkanes of at least 4 members (excludes halogenated alkanes) is 1. The molecule has 0 radical (unpaired) electrons. The molecule has 0 atom stereocenters. The summed E-state index contributed by atoms with van der Waals surface area (Å²) in [5.74, 6) is 0.735. The number of nitrogen functional groups attached to an aromatic ring is 1. The SMILES string of the molecule is CC(C)CCCCNc1ccc(S(C)(=O)=O)cc1N. The van der Waals surface area contributed by atoms with Crippen LogP contribution in [0.15, 0.2) is 23.1 Å². The van der Waals surface area contributed by atoms with Gasteiger partial charge in [-0.2, -0.15) is 0 Å². The van der Waals surface area contributed by atoms with Gasteiger partial charge in [-0.15, -0.1) is 0 Å². The van der Waals surface area contributed by atoms with E-state index in [1.807, 2.05) is 0 Å². The largest absolute Gasteiger partial charge is 0.397 e. The van der Waals surface area contributed by atoms with Crippen molar-refractivity contribution in [3.05, 3.63) is 18.2 Å². The monoisotopic (exact) mass is 284 g/mol. The smallest absolute Gasteiger partial charge is 0.175 e. The molecular formula is C14H24N2O2S. The van der Waals surface area contributed by atoms with Crippen molar-refractivity contribution in [1.82, 2.24) is 0 Å². The lowest BCUT2D eigenvalue weighted by atomic mass is 10.1. The molecule has 0 aromatic heterocycles. The molecule has 4 nitrogen and oxygen atoms in total. The van der Waals surface area contributed by atoms with Crippen LogP contribution in [-0.4, -0.2) is 21.2 Å². The van der Waals surface area contributed by atoms with Crippen LogP contribution in [0, 0.1) is 5.92 Å². The van der Waals surface area contributed by atoms with Gasteiger partial charge in [-0.1, -0.05) is 26.7 Å². The number of hydrogen-bond donors (Lipinski definition) is 2. The van der Waals surface area contributed by atoms with Gasteiger partial charge in [-0.25, -0.2) is 8.42 Å². The third kappa shape index (κ3) is 5.51. The number of nitrogens with one attached hydrogen (secondary N) is 1. The van der Waals surface area contributed by atoms with Crippen molar-refractivity contribution >= 4 is 21.2 Å². The topological polar surface area (TPSA) is 72.2 Å². The Morgan fingerprint density at radius 2 is 1.95 bits per heavy atom. The first kappa shape index (κ1) is 15.8. The zero-order valence-corrected chi connectivity index (χ0v) is 12.8. The molecule has 0 fully saturated rings. The van der Waals surface area contributed by atoms with Crippen LogP contribution in [0.5, 0.6) is 0 Å². The molecule has 0 bridgehead atoms. The minimum atomic E-state index is -3.19. The number of nitrogens with two attached hydrogens (primary N) is 1. The molecule has 108 valence electrons. The molecule has 1 rings (SSSR count). The highest BCUT2D eigenvalue weighted by atomic mass is 32.2. The Labute approximate surface area is 116 Å². The molecule has 0 aliphatic rings. The Morgan fingerprint density at radius 3 is 2.47 bits per heavy atom. The molecule has 0 amide bonds. The Kier molecular flexibility index (Phi) is 5.66. The predicted octanol–water partition coefficient (Wildman–Crippen LogP) is 2.91. The zero-order valence-electron chi connectivity index (χ0n) is 11.9. The average Bonchev–Trinajstić information content (AvgIpc) is 2.28. The normalized spacial score (nSPS) is 11.8. The lowest BCUT2D eigenvalue weighted by Crippen LogP contribution is -2.06. The number of sulfone groups is 1. The van der Waals surface area contributed by atoms with Crippen LogP contribution in [0.1, 0.15) is 33.1 Å². The van der Waals surface area contributed by atoms with Gasteiger partial charge < -0.3 is 11.1 Å². The molecule has 1 aromatic carbocycles. The molecule has 0 aliphatic carbocycles. The summed E-state index contributed by atoms with van der Waals surface area (Å²) < 4.78 is 22.8. The van der Waals surface area contributed by atoms with Crippen LogP contribution in [-0.2, 0) is 9.84 Å². The third-order valence-corrected chi connectivity index (χ3v) is 4.09. The molecule has 0 saturated heterocycles. The van der Waals surface area contributed by atoms with Gasteiger partial charge in [0.05, 0.1) is 16.3 Å². The van der Waals surface area contributed by atoms with E-state index in [2.05, 4.69) is 19.2 Å². The van der Waals surface area contributed by atoms with Crippen molar-refractivity contribution in [2.45, 2.75) is 38.0 Å². The molecule has 5 heteroatoms. The van der Waals surface area contributed by atoms with E-state index in [1.54, 1.807) is 12.1 Å². The number of benzene rings is 1. The maximum atomic E-state index is 11.4. The molecule has 0 spiro atoms. The van der Waals surface area contributed by atoms with Crippen molar-refractivity contribution in [3.8, 4) is 0 Å². The van der Waals surface area contributed by atoms with Gasteiger partial charge in [0.1, 0.15) is 0 Å². The minimum Gasteiger partial charge on any atom is -0.397 e. The summed E-state index contributed by atoms with van der Waals surface area (Å²) in [6.45, 7) is 5.29. The summed E-state index contributed by atoms with van der Waals surface area (Å²) in [6, 6.07) is 4.82. The van der Waals surface area contributed by atoms with E-state index < -0.39 is 9.84 Å². The molecule has 3 N–H and O–H groups in total. The third-order valence-electron chi connectivity index (χ3n) is 2.97. The second-order valence-electron chi connectivity index (χ2n) is 5.34. The van der Waals surface area contributed by atoms with Gasteiger partial charge in [-0.3, -0.25) is 0 Å². The van der Waals surface area contributed by atoms with Gasteiger partial charge >= 0.3 is 0 Å². The zero-order chi connectivity index (χ0) is 14.5. The predicted molar refractivity (Wildman–Crippen MR) is 81.1 cm³/mol. The van der Waals surface area contributed by atoms with Gasteiger partial charge in [0.2, 0.25) is 0 Å². The Morgan fingerprint density at radius 1 is 1.26 bits per heavy atom. The van der Waals surface area contributed by atoms with E-state index in [0.717, 1.165) is 24.6 Å². The molecule has 0 aliphatic heterocycles. The minimum absolute atomic E-state index is 0.260. The van der Waals surface area contributed by atoms with E-state index in [-0.39, 0.29) is 4.90 Å². The Hall–Kier alpha value is -1.23. The highest BCUT2D eigenvalue weighted by Crippen LogP contribution is 2.22. The summed E-state index contributed by atoms with van der Waals surface area (Å²) in [5, 5.41) is 3.25. The maximum absolute atomic E-state index is 11.4. The van der Waals surface area contributed by atoms with Crippen molar-refractivity contribution < 1.29 is 8.42 Å². The average molecular weight is 284 g/mol. The first-order valence-electron chi connectivity index (χ1n) is 6.64. The lowest BCUT2D eigenvalue weighted by Gasteiger charge is -2.11. The van der Waals surface area contributed by atoms with Crippen LogP contribution < -0.4 is 11.1 Å². The standard InChI is InChI=1S/C14H24N2O2S/c1-11(2)6-4-5-9-16-14-8-7-12(10-13(14)15)19(3,17)18/h7-8,10-11,16H,4-6,9,15H2,1-3H3. The first-order chi connectivity index (χ1) is 8.80. The van der Waals surface area contributed by atoms with E-state index in [0.29, 0.717) is 5.69 Å². The molecule has 0 unspecified atom stereocenters. The summed E-state index contributed by atoms with van der Waals surface area (Å²) in [5.41, 5.74) is 7.14. The highest BCUT2D eigenvalue weighted by molar-refractivity contribution is 7.90. The van der Waals surface area contributed by atoms with E-state index >= 15 is 0 Å². The summed E-state index contributed by atoms with van der Waals surface area (Å²) in [6.07, 6.45) is 4.68. The molecular weight excluding hydrogens is 260 g/mol. The maximum Gasteiger partial charge on any atom is 0.175 e. The van der Waals surface area contributed by atoms with E-state index in [9.17, 15) is 8.42 Å². The van der Waals surface area contributed by atoms with Crippen molar-refractivity contribution in [2.24, 2.45) is 5.92 Å². The fourth-order valence-corrected chi connectivity index (χ4v) is 2.49.